The van der Waals surface area contributed by atoms with Gasteiger partial charge in [-0.05, 0) is 45.1 Å². The molecule has 5 heterocycles. The van der Waals surface area contributed by atoms with Crippen LogP contribution in [-0.2, 0) is 28.0 Å². The fourth-order valence-electron chi connectivity index (χ4n) is 6.89. The van der Waals surface area contributed by atoms with Crippen molar-refractivity contribution in [2.75, 3.05) is 5.32 Å². The van der Waals surface area contributed by atoms with Crippen molar-refractivity contribution >= 4 is 39.5 Å². The third-order valence-electron chi connectivity index (χ3n) is 9.27. The maximum atomic E-state index is 14.1. The van der Waals surface area contributed by atoms with E-state index in [0.717, 1.165) is 32.4 Å². The number of oxazole rings is 2. The summed E-state index contributed by atoms with van der Waals surface area (Å²) in [7, 11) is 0. The third-order valence-corrected chi connectivity index (χ3v) is 9.93. The SMILES string of the molecule is CC(C)[C@@H]1NC(=O)[C@@H](NC(=O)OCc2ccccc2)Cc2ccc3c(c2)C2(c4cccc(Br)c4N[C@H]2O3)c2oc1nc2-c1nc(C(N)=O)co1. The average Bonchev–Trinajstić information content (AvgIpc) is 3.88. The van der Waals surface area contributed by atoms with Gasteiger partial charge in [0, 0.05) is 22.0 Å². The average molecular weight is 740 g/mol. The number of carbonyl (C=O) groups is 3. The molecule has 5 aromatic rings. The lowest BCUT2D eigenvalue weighted by molar-refractivity contribution is -0.124. The fraction of sp³-hybridized carbons (Fsp3) is 0.250. The van der Waals surface area contributed by atoms with Gasteiger partial charge < -0.3 is 40.0 Å². The molecule has 50 heavy (non-hydrogen) atoms. The van der Waals surface area contributed by atoms with Gasteiger partial charge in [-0.2, -0.15) is 0 Å². The van der Waals surface area contributed by atoms with Gasteiger partial charge in [0.15, 0.2) is 23.4 Å². The van der Waals surface area contributed by atoms with E-state index in [1.165, 1.54) is 6.26 Å². The second-order valence-electron chi connectivity index (χ2n) is 12.8. The van der Waals surface area contributed by atoms with E-state index >= 15 is 0 Å². The molecule has 0 saturated carbocycles. The zero-order valence-corrected chi connectivity index (χ0v) is 28.4. The highest BCUT2D eigenvalue weighted by molar-refractivity contribution is 9.10. The van der Waals surface area contributed by atoms with Crippen LogP contribution >= 0.6 is 15.9 Å². The molecule has 3 aliphatic rings. The van der Waals surface area contributed by atoms with Crippen molar-refractivity contribution in [3.63, 3.8) is 0 Å². The number of para-hydroxylation sites is 1. The largest absolute Gasteiger partial charge is 0.469 e. The maximum absolute atomic E-state index is 14.1. The zero-order chi connectivity index (χ0) is 34.7. The number of carbonyl (C=O) groups excluding carboxylic acids is 3. The lowest BCUT2D eigenvalue weighted by Crippen LogP contribution is -2.49. The molecule has 14 heteroatoms. The molecule has 0 radical (unpaired) electrons. The van der Waals surface area contributed by atoms with E-state index < -0.39 is 41.6 Å². The first-order valence-corrected chi connectivity index (χ1v) is 16.8. The number of anilines is 1. The highest BCUT2D eigenvalue weighted by atomic mass is 79.9. The predicted molar refractivity (Wildman–Crippen MR) is 182 cm³/mol. The van der Waals surface area contributed by atoms with Crippen LogP contribution < -0.4 is 26.4 Å². The Balaban J connectivity index is 1.30. The van der Waals surface area contributed by atoms with E-state index in [0.29, 0.717) is 11.5 Å². The number of alkyl carbamates (subject to hydrolysis) is 1. The van der Waals surface area contributed by atoms with E-state index in [1.807, 2.05) is 80.6 Å². The highest BCUT2D eigenvalue weighted by Crippen LogP contribution is 2.60. The van der Waals surface area contributed by atoms with Crippen LogP contribution in [0.25, 0.3) is 11.6 Å². The Morgan fingerprint density at radius 1 is 1.08 bits per heavy atom. The van der Waals surface area contributed by atoms with Crippen LogP contribution in [0.3, 0.4) is 0 Å². The molecule has 8 rings (SSSR count). The number of nitrogens with two attached hydrogens (primary N) is 1. The number of rotatable bonds is 6. The quantitative estimate of drug-likeness (QED) is 0.178. The second-order valence-corrected chi connectivity index (χ2v) is 13.6. The Labute approximate surface area is 294 Å². The monoisotopic (exact) mass is 738 g/mol. The van der Waals surface area contributed by atoms with Crippen molar-refractivity contribution in [3.8, 4) is 17.3 Å². The van der Waals surface area contributed by atoms with Crippen LogP contribution in [0.2, 0.25) is 0 Å². The van der Waals surface area contributed by atoms with Gasteiger partial charge in [-0.15, -0.1) is 0 Å². The fourth-order valence-corrected chi connectivity index (χ4v) is 7.37. The van der Waals surface area contributed by atoms with Crippen LogP contribution in [0.15, 0.2) is 86.3 Å². The molecule has 3 aromatic carbocycles. The molecule has 5 N–H and O–H groups in total. The number of ether oxygens (including phenoxy) is 2. The van der Waals surface area contributed by atoms with Crippen LogP contribution in [-0.4, -0.2) is 40.1 Å². The summed E-state index contributed by atoms with van der Waals surface area (Å²) < 4.78 is 25.5. The van der Waals surface area contributed by atoms with Gasteiger partial charge in [0.25, 0.3) is 5.91 Å². The van der Waals surface area contributed by atoms with Crippen LogP contribution in [0.5, 0.6) is 5.75 Å². The lowest BCUT2D eigenvalue weighted by atomic mass is 9.72. The summed E-state index contributed by atoms with van der Waals surface area (Å²) in [6.07, 6.45) is -0.117. The molecule has 254 valence electrons. The van der Waals surface area contributed by atoms with Gasteiger partial charge in [0.1, 0.15) is 36.1 Å². The number of primary amides is 1. The molecule has 2 aromatic heterocycles. The summed E-state index contributed by atoms with van der Waals surface area (Å²) in [6, 6.07) is 19.0. The molecule has 0 saturated heterocycles. The Hall–Kier alpha value is -5.63. The number of halogens is 1. The minimum atomic E-state index is -1.13. The Kier molecular flexibility index (Phi) is 7.62. The van der Waals surface area contributed by atoms with Crippen molar-refractivity contribution in [1.82, 2.24) is 20.6 Å². The normalized spacial score (nSPS) is 21.5. The molecule has 4 bridgehead atoms. The first kappa shape index (κ1) is 31.6. The summed E-state index contributed by atoms with van der Waals surface area (Å²) in [5.41, 5.74) is 8.46. The van der Waals surface area contributed by atoms with Gasteiger partial charge in [-0.1, -0.05) is 68.4 Å². The highest BCUT2D eigenvalue weighted by Gasteiger charge is 2.61. The molecular formula is C36H31BrN6O7. The number of benzene rings is 3. The van der Waals surface area contributed by atoms with Crippen molar-refractivity contribution in [2.45, 2.75) is 50.6 Å². The zero-order valence-electron chi connectivity index (χ0n) is 26.9. The first-order chi connectivity index (χ1) is 24.1. The number of amides is 3. The maximum Gasteiger partial charge on any atom is 0.408 e. The van der Waals surface area contributed by atoms with Gasteiger partial charge in [0.05, 0.1) is 5.69 Å². The van der Waals surface area contributed by atoms with Crippen molar-refractivity contribution in [3.05, 3.63) is 117 Å². The molecule has 4 atom stereocenters. The molecule has 13 nitrogen and oxygen atoms in total. The summed E-state index contributed by atoms with van der Waals surface area (Å²) in [4.78, 5) is 48.5. The van der Waals surface area contributed by atoms with Crippen LogP contribution in [0.1, 0.15) is 64.3 Å². The van der Waals surface area contributed by atoms with E-state index in [1.54, 1.807) is 0 Å². The minimum absolute atomic E-state index is 0.00869. The molecule has 1 unspecified atom stereocenters. The van der Waals surface area contributed by atoms with E-state index in [9.17, 15) is 14.4 Å². The van der Waals surface area contributed by atoms with Crippen molar-refractivity contribution in [1.29, 1.82) is 0 Å². The molecule has 3 amide bonds. The Morgan fingerprint density at radius 2 is 1.90 bits per heavy atom. The van der Waals surface area contributed by atoms with Crippen LogP contribution in [0, 0.1) is 5.92 Å². The van der Waals surface area contributed by atoms with Crippen LogP contribution in [0.4, 0.5) is 10.5 Å². The van der Waals surface area contributed by atoms with Gasteiger partial charge in [-0.3, -0.25) is 9.59 Å². The van der Waals surface area contributed by atoms with Gasteiger partial charge >= 0.3 is 6.09 Å². The number of hydrogen-bond acceptors (Lipinski definition) is 10. The lowest BCUT2D eigenvalue weighted by Gasteiger charge is -2.28. The summed E-state index contributed by atoms with van der Waals surface area (Å²) in [5.74, 6) is -0.345. The van der Waals surface area contributed by atoms with Gasteiger partial charge in [-0.25, -0.2) is 14.8 Å². The number of hydrogen-bond donors (Lipinski definition) is 4. The summed E-state index contributed by atoms with van der Waals surface area (Å²) in [5, 5.41) is 9.36. The topological polar surface area (TPSA) is 184 Å². The van der Waals surface area contributed by atoms with Crippen molar-refractivity contribution < 1.29 is 32.7 Å². The molecule has 0 aliphatic carbocycles. The van der Waals surface area contributed by atoms with E-state index in [2.05, 4.69) is 36.9 Å². The number of nitrogens with zero attached hydrogens (tertiary/aromatic N) is 2. The third kappa shape index (κ3) is 5.09. The number of nitrogens with one attached hydrogen (secondary N) is 3. The van der Waals surface area contributed by atoms with Crippen molar-refractivity contribution in [2.24, 2.45) is 11.7 Å². The number of aromatic nitrogens is 2. The molecule has 3 aliphatic heterocycles. The van der Waals surface area contributed by atoms with Gasteiger partial charge in [0.2, 0.25) is 17.7 Å². The Bertz CT molecular complexity index is 2160. The predicted octanol–water partition coefficient (Wildman–Crippen LogP) is 5.33. The number of fused-ring (bicyclic) bond motifs is 4. The first-order valence-electron chi connectivity index (χ1n) is 16.0. The molecule has 1 spiro atoms. The minimum Gasteiger partial charge on any atom is -0.469 e. The second kappa shape index (κ2) is 12.1. The standard InChI is InChI=1S/C36H31BrN6O7/c1-17(2)26-33-42-28(32-39-24(16-47-32)30(38)44)29(50-33)36-20-9-6-10-22(37)27(20)43-34(36)49-25-12-11-19(13-21(25)36)14-23(31(45)41-26)40-35(46)48-15-18-7-4-3-5-8-18/h3-13,16-17,23,26,34,43H,14-15H2,1-2H3,(H2,38,44)(H,40,46)(H,41,45)/t23-,26-,34-,36?/m0/s1. The van der Waals surface area contributed by atoms with E-state index in [4.69, 9.17) is 29.0 Å². The summed E-state index contributed by atoms with van der Waals surface area (Å²) in [6.45, 7) is 3.87. The molecule has 0 fully saturated rings. The Morgan fingerprint density at radius 3 is 2.66 bits per heavy atom. The molecular weight excluding hydrogens is 708 g/mol. The smallest absolute Gasteiger partial charge is 0.408 e. The van der Waals surface area contributed by atoms with E-state index in [-0.39, 0.29) is 42.1 Å². The summed E-state index contributed by atoms with van der Waals surface area (Å²) >= 11 is 3.69.